The number of benzene rings is 5. The molecule has 22 N–H and O–H groups in total. The van der Waals surface area contributed by atoms with Crippen molar-refractivity contribution in [2.24, 2.45) is 17.4 Å². The van der Waals surface area contributed by atoms with Crippen molar-refractivity contribution >= 4 is 58.9 Å². The van der Waals surface area contributed by atoms with Crippen LogP contribution in [0.5, 0.6) is 46.0 Å². The summed E-state index contributed by atoms with van der Waals surface area (Å²) in [5, 5.41) is 138. The van der Waals surface area contributed by atoms with Crippen LogP contribution in [-0.4, -0.2) is 222 Å². The maximum Gasteiger partial charge on any atom is 0.330 e. The van der Waals surface area contributed by atoms with Crippen LogP contribution in [0.3, 0.4) is 0 Å². The summed E-state index contributed by atoms with van der Waals surface area (Å²) in [6, 6.07) is 1.80. The Morgan fingerprint density at radius 2 is 1.29 bits per heavy atom. The molecule has 0 saturated carbocycles. The number of carbonyl (C=O) groups is 8. The van der Waals surface area contributed by atoms with Crippen LogP contribution in [0, 0.1) is 5.92 Å². The number of nitrogens with one attached hydrogen (secondary N) is 8. The van der Waals surface area contributed by atoms with E-state index in [0.717, 1.165) is 93.8 Å². The van der Waals surface area contributed by atoms with Gasteiger partial charge in [0.1, 0.15) is 89.5 Å². The van der Waals surface area contributed by atoms with Crippen molar-refractivity contribution in [2.75, 3.05) is 20.2 Å². The van der Waals surface area contributed by atoms with Gasteiger partial charge < -0.3 is 143 Å². The summed E-state index contributed by atoms with van der Waals surface area (Å²) in [7, 11) is 1.49. The number of hydrogen-bond acceptors (Lipinski definition) is 28. The van der Waals surface area contributed by atoms with Crippen LogP contribution >= 0.6 is 11.6 Å². The van der Waals surface area contributed by atoms with E-state index >= 15 is 24.0 Å². The number of likely N-dealkylation sites (N-methyl/N-ethyl adjacent to an activating group) is 1. The highest BCUT2D eigenvalue weighted by molar-refractivity contribution is 6.32. The Labute approximate surface area is 696 Å². The number of primary amides is 1. The monoisotopic (exact) mass is 1700 g/mol. The Kier molecular flexibility index (Phi) is 29.7. The van der Waals surface area contributed by atoms with E-state index in [1.165, 1.54) is 63.4 Å². The van der Waals surface area contributed by atoms with Crippen molar-refractivity contribution in [3.63, 3.8) is 0 Å². The smallest absolute Gasteiger partial charge is 0.330 e. The highest BCUT2D eigenvalue weighted by atomic mass is 35.5. The fraction of sp³-hybridized carbons (Fsp3) is 0.542. The Hall–Kier alpha value is -9.61. The number of aliphatic hydroxyl groups excluding tert-OH is 6. The molecule has 0 aliphatic carbocycles. The zero-order valence-corrected chi connectivity index (χ0v) is 68.4. The number of fused-ring (bicyclic) bond motifs is 15. The lowest BCUT2D eigenvalue weighted by atomic mass is 9.84. The fourth-order valence-electron chi connectivity index (χ4n) is 16.0. The van der Waals surface area contributed by atoms with E-state index in [4.69, 9.17) is 61.0 Å². The lowest BCUT2D eigenvalue weighted by molar-refractivity contribution is -0.334. The maximum absolute atomic E-state index is 16.5. The summed E-state index contributed by atoms with van der Waals surface area (Å²) in [4.78, 5) is 120. The number of phenols is 3. The number of carboxylic acids is 1. The highest BCUT2D eigenvalue weighted by Crippen LogP contribution is 2.50. The number of halogens is 1. The van der Waals surface area contributed by atoms with Crippen LogP contribution < -0.4 is 68.2 Å². The third kappa shape index (κ3) is 20.9. The average molecular weight is 1700 g/mol. The number of hydrogen-bond donors (Lipinski definition) is 20. The molecule has 1 unspecified atom stereocenters. The van der Waals surface area contributed by atoms with Gasteiger partial charge in [0.05, 0.1) is 48.5 Å². The van der Waals surface area contributed by atoms with Crippen molar-refractivity contribution in [1.29, 1.82) is 0 Å². The molecular formula is C83H109ClN10O26. The molecule has 5 aromatic carbocycles. The first-order valence-corrected chi connectivity index (χ1v) is 40.6. The minimum absolute atomic E-state index is 0.0319. The number of phenolic OH excluding ortho intramolecular Hbond substituents is 3. The standard InChI is InChI=1S/C83H109ClN10O26/c1-9-10-11-12-13-14-15-16-25-88-83(7)35-59(114-39(5)73(83)104)119-71-68(102)67(101)56(36-95)117-81(71)120-70-54-29-43-30-55(70)116-53-24-20-42(28-48(53)84)66(100)64(93-74(105)49(87-8)26-37(2)3)78(109)89-50(33-57(85)99)75(106)90-62(43)77(108)91-61-41-19-23-51(97)46(27-41)60-47(31-44(96)32-52(60)98)63(80(111)112)92-79(110)65(94-76(61)107)69(40-17-21-45(115-54)22-18-40)118-58-34-82(6,86)72(103)38(4)113-58/h17-24,27-32,37-39,49-50,56,58-59,61-69,71-73,81,87-88,95-98,100-104H,9-16,25-26,33-36,86H2,1-8H3,(H2,85,99)(H,89,109)(H,90,106)(H,91,108)(H,92,110)(H,93,105)(H,94,107)(H,111,112)/t38-,39-,49+,50-,56+,58-,59-,61+,62+,63?,64+,65-,66+,67+,68-,69+,71+,72-,73-,81-,82-,83-/m0/s1. The molecule has 120 heavy (non-hydrogen) atoms. The van der Waals surface area contributed by atoms with Gasteiger partial charge >= 0.3 is 5.97 Å². The Morgan fingerprint density at radius 1 is 0.667 bits per heavy atom. The average Bonchev–Trinajstić information content (AvgIpc) is 0.793. The topological polar surface area (TPSA) is 561 Å². The predicted octanol–water partition coefficient (Wildman–Crippen LogP) is 3.46. The van der Waals surface area contributed by atoms with Gasteiger partial charge in [0.2, 0.25) is 53.4 Å². The Bertz CT molecular complexity index is 4550. The molecule has 8 aliphatic rings. The molecule has 8 aliphatic heterocycles. The fourth-order valence-corrected chi connectivity index (χ4v) is 16.2. The van der Waals surface area contributed by atoms with Crippen LogP contribution in [-0.2, 0) is 62.0 Å². The Morgan fingerprint density at radius 3 is 1.93 bits per heavy atom. The number of aliphatic hydroxyl groups is 6. The van der Waals surface area contributed by atoms with Crippen molar-refractivity contribution < 1.29 is 127 Å². The number of amides is 7. The van der Waals surface area contributed by atoms with Gasteiger partial charge in [-0.2, -0.15) is 0 Å². The van der Waals surface area contributed by atoms with E-state index in [1.54, 1.807) is 13.8 Å². The number of carbonyl (C=O) groups excluding carboxylic acids is 7. The van der Waals surface area contributed by atoms with Gasteiger partial charge in [-0.15, -0.1) is 0 Å². The largest absolute Gasteiger partial charge is 0.508 e. The van der Waals surface area contributed by atoms with Crippen molar-refractivity contribution in [2.45, 2.75) is 259 Å². The van der Waals surface area contributed by atoms with Gasteiger partial charge in [-0.1, -0.05) is 102 Å². The van der Waals surface area contributed by atoms with E-state index in [1.807, 2.05) is 13.8 Å². The number of unbranched alkanes of at least 4 members (excludes halogenated alkanes) is 7. The molecule has 0 aromatic heterocycles. The summed E-state index contributed by atoms with van der Waals surface area (Å²) >= 11 is 7.21. The van der Waals surface area contributed by atoms with Gasteiger partial charge in [0.15, 0.2) is 36.2 Å². The summed E-state index contributed by atoms with van der Waals surface area (Å²) < 4.78 is 52.8. The molecule has 0 spiro atoms. The van der Waals surface area contributed by atoms with Crippen LogP contribution in [0.4, 0.5) is 0 Å². The molecule has 36 nitrogen and oxygen atoms in total. The zero-order valence-electron chi connectivity index (χ0n) is 67.6. The third-order valence-electron chi connectivity index (χ3n) is 22.6. The van der Waals surface area contributed by atoms with Crippen molar-refractivity contribution in [1.82, 2.24) is 42.5 Å². The van der Waals surface area contributed by atoms with Gasteiger partial charge in [-0.05, 0) is 137 Å². The van der Waals surface area contributed by atoms with Crippen molar-refractivity contribution in [3.05, 3.63) is 118 Å². The number of nitrogens with two attached hydrogens (primary N) is 2. The summed E-state index contributed by atoms with van der Waals surface area (Å²) in [5.74, 6) is -15.3. The molecule has 3 fully saturated rings. The normalized spacial score (nSPS) is 30.5. The van der Waals surface area contributed by atoms with Gasteiger partial charge in [-0.3, -0.25) is 33.6 Å². The van der Waals surface area contributed by atoms with E-state index in [0.29, 0.717) is 6.54 Å². The molecule has 22 atom stereocenters. The minimum atomic E-state index is -2.34. The zero-order chi connectivity index (χ0) is 87.1. The van der Waals surface area contributed by atoms with Crippen LogP contribution in [0.15, 0.2) is 84.9 Å². The second-order valence-corrected chi connectivity index (χ2v) is 32.9. The Balaban J connectivity index is 1.14. The lowest BCUT2D eigenvalue weighted by Gasteiger charge is -2.48. The van der Waals surface area contributed by atoms with Gasteiger partial charge in [-0.25, -0.2) is 4.79 Å². The number of rotatable bonds is 25. The van der Waals surface area contributed by atoms with E-state index in [-0.39, 0.29) is 58.4 Å². The van der Waals surface area contributed by atoms with Gasteiger partial charge in [0.25, 0.3) is 0 Å². The summed E-state index contributed by atoms with van der Waals surface area (Å²) in [6.45, 7) is 11.7. The number of aliphatic carboxylic acids is 1. The molecule has 8 heterocycles. The number of aromatic hydroxyl groups is 3. The molecule has 5 aromatic rings. The second-order valence-electron chi connectivity index (χ2n) is 32.4. The maximum atomic E-state index is 16.5. The van der Waals surface area contributed by atoms with Crippen LogP contribution in [0.25, 0.3) is 11.1 Å². The summed E-state index contributed by atoms with van der Waals surface area (Å²) in [6.07, 6.45) is -13.5. The number of carboxylic acid groups (broad SMARTS) is 1. The molecule has 13 rings (SSSR count). The SMILES string of the molecule is CCCCCCCCCCN[C@@]1(C)C[C@H](O[C@H]2[C@H](Oc3c4cc5cc3Oc3ccc(cc3Cl)[C@@H](O)[C@@H](NC(=O)[C@@H](CC(C)C)NC)C(=O)N[C@@H](CC(N)=O)C(=O)N[C@H]5C(=O)N[C@H]3C(=O)N[C@H](C(=O)NC(C(=O)O)c5cc(O)cc(O)c5-c5cc3ccc5O)[C@H](O[C@H]3C[C@](C)(N)[C@@H](O)[C@H](C)O3)c3ccc(cc3)O4)O[C@H](CO)[C@@H](O)[C@@H]2O)O[C@@H](C)[C@@H]1O. The molecule has 37 heteroatoms. The first-order chi connectivity index (χ1) is 56.9. The van der Waals surface area contributed by atoms with Crippen LogP contribution in [0.2, 0.25) is 5.02 Å². The lowest BCUT2D eigenvalue weighted by Crippen LogP contribution is -2.65. The van der Waals surface area contributed by atoms with Crippen molar-refractivity contribution in [3.8, 4) is 57.1 Å². The minimum Gasteiger partial charge on any atom is -0.508 e. The van der Waals surface area contributed by atoms with E-state index in [2.05, 4.69) is 49.5 Å². The highest BCUT2D eigenvalue weighted by Gasteiger charge is 2.53. The molecule has 0 radical (unpaired) electrons. The third-order valence-corrected chi connectivity index (χ3v) is 22.9. The molecule has 11 bridgehead atoms. The molecule has 654 valence electrons. The van der Waals surface area contributed by atoms with Gasteiger partial charge in [0, 0.05) is 46.7 Å². The quantitative estimate of drug-likeness (QED) is 0.0372. The summed E-state index contributed by atoms with van der Waals surface area (Å²) in [5.41, 5.74) is 7.48. The molecular weight excluding hydrogens is 1590 g/mol. The number of ether oxygens (including phenoxy) is 8. The first kappa shape index (κ1) is 91.1. The molecule has 3 saturated heterocycles. The predicted molar refractivity (Wildman–Crippen MR) is 427 cm³/mol. The van der Waals surface area contributed by atoms with Crippen LogP contribution in [0.1, 0.15) is 184 Å². The first-order valence-electron chi connectivity index (χ1n) is 40.2. The van der Waals surface area contributed by atoms with E-state index < -0.39 is 250 Å². The molecule has 7 amide bonds. The second kappa shape index (κ2) is 39.1. The van der Waals surface area contributed by atoms with E-state index in [9.17, 15) is 65.4 Å².